The van der Waals surface area contributed by atoms with Gasteiger partial charge < -0.3 is 9.84 Å². The summed E-state index contributed by atoms with van der Waals surface area (Å²) in [7, 11) is 1.89. The van der Waals surface area contributed by atoms with Crippen LogP contribution in [0.5, 0.6) is 5.75 Å². The topological polar surface area (TPSA) is 70.1 Å². The molecule has 0 aromatic heterocycles. The number of hydrogen-bond acceptors (Lipinski definition) is 5. The molecule has 1 aromatic carbocycles. The second kappa shape index (κ2) is 9.69. The van der Waals surface area contributed by atoms with Gasteiger partial charge in [0.15, 0.2) is 5.78 Å². The Morgan fingerprint density at radius 3 is 2.73 bits per heavy atom. The van der Waals surface area contributed by atoms with Crippen LogP contribution in [0.15, 0.2) is 18.2 Å². The highest BCUT2D eigenvalue weighted by Gasteiger charge is 2.22. The zero-order valence-electron chi connectivity index (χ0n) is 16.0. The zero-order valence-corrected chi connectivity index (χ0v) is 16.0. The molecule has 0 aliphatic carbocycles. The van der Waals surface area contributed by atoms with Gasteiger partial charge >= 0.3 is 5.97 Å². The fourth-order valence-corrected chi connectivity index (χ4v) is 3.54. The molecule has 0 amide bonds. The van der Waals surface area contributed by atoms with Gasteiger partial charge in [-0.05, 0) is 71.4 Å². The van der Waals surface area contributed by atoms with Crippen LogP contribution in [-0.2, 0) is 11.3 Å². The van der Waals surface area contributed by atoms with Crippen LogP contribution in [-0.4, -0.2) is 66.0 Å². The van der Waals surface area contributed by atoms with Crippen molar-refractivity contribution >= 4 is 11.8 Å². The Morgan fingerprint density at radius 1 is 1.31 bits per heavy atom. The number of Topliss-reactive ketones (excluding diaryl/α,β-unsaturated/α-hetero) is 1. The minimum atomic E-state index is -0.781. The Morgan fingerprint density at radius 2 is 2.08 bits per heavy atom. The van der Waals surface area contributed by atoms with Crippen LogP contribution in [0.3, 0.4) is 0 Å². The molecule has 1 aliphatic heterocycles. The first-order chi connectivity index (χ1) is 12.4. The van der Waals surface area contributed by atoms with E-state index >= 15 is 0 Å². The molecule has 1 unspecified atom stereocenters. The standard InChI is InChI=1S/C20H30N2O4/c1-4-26-19-8-7-16(15(2)23)12-17(19)13-22-10-5-6-18(9-11-22)21(3)14-20(24)25/h7-8,12,18H,4-6,9-11,13-14H2,1-3H3,(H,24,25). The molecule has 26 heavy (non-hydrogen) atoms. The van der Waals surface area contributed by atoms with Gasteiger partial charge in [-0.15, -0.1) is 0 Å². The number of likely N-dealkylation sites (N-methyl/N-ethyl adjacent to an activating group) is 1. The maximum absolute atomic E-state index is 11.7. The molecule has 1 saturated heterocycles. The summed E-state index contributed by atoms with van der Waals surface area (Å²) in [6.07, 6.45) is 2.98. The summed E-state index contributed by atoms with van der Waals surface area (Å²) >= 11 is 0. The van der Waals surface area contributed by atoms with Gasteiger partial charge in [-0.1, -0.05) is 0 Å². The molecule has 144 valence electrons. The molecule has 1 heterocycles. The molecule has 0 bridgehead atoms. The number of carboxylic acids is 1. The lowest BCUT2D eigenvalue weighted by Crippen LogP contribution is -2.36. The van der Waals surface area contributed by atoms with Crippen LogP contribution in [0.2, 0.25) is 0 Å². The van der Waals surface area contributed by atoms with Crippen molar-refractivity contribution in [2.24, 2.45) is 0 Å². The lowest BCUT2D eigenvalue weighted by Gasteiger charge is -2.26. The summed E-state index contributed by atoms with van der Waals surface area (Å²) in [6.45, 7) is 6.82. The third-order valence-electron chi connectivity index (χ3n) is 4.96. The lowest BCUT2D eigenvalue weighted by atomic mass is 10.1. The first kappa shape index (κ1) is 20.4. The number of carbonyl (C=O) groups is 2. The predicted octanol–water partition coefficient (Wildman–Crippen LogP) is 2.66. The Kier molecular flexibility index (Phi) is 7.60. The second-order valence-corrected chi connectivity index (χ2v) is 6.98. The molecular formula is C20H30N2O4. The highest BCUT2D eigenvalue weighted by molar-refractivity contribution is 5.94. The summed E-state index contributed by atoms with van der Waals surface area (Å²) in [5, 5.41) is 8.99. The van der Waals surface area contributed by atoms with Crippen molar-refractivity contribution in [2.45, 2.75) is 45.7 Å². The molecular weight excluding hydrogens is 332 g/mol. The monoisotopic (exact) mass is 362 g/mol. The Balaban J connectivity index is 2.05. The number of ether oxygens (including phenoxy) is 1. The van der Waals surface area contributed by atoms with E-state index in [0.29, 0.717) is 18.2 Å². The molecule has 1 atom stereocenters. The fraction of sp³-hybridized carbons (Fsp3) is 0.600. The quantitative estimate of drug-likeness (QED) is 0.717. The minimum absolute atomic E-state index is 0.0560. The number of benzene rings is 1. The van der Waals surface area contributed by atoms with Gasteiger partial charge in [-0.3, -0.25) is 19.4 Å². The Labute approximate surface area is 155 Å². The molecule has 0 radical (unpaired) electrons. The normalized spacial score (nSPS) is 18.5. The number of aliphatic carboxylic acids is 1. The van der Waals surface area contributed by atoms with Gasteiger partial charge in [-0.25, -0.2) is 0 Å². The fourth-order valence-electron chi connectivity index (χ4n) is 3.54. The van der Waals surface area contributed by atoms with E-state index in [1.54, 1.807) is 6.92 Å². The summed E-state index contributed by atoms with van der Waals surface area (Å²) in [6, 6.07) is 5.94. The number of ketones is 1. The van der Waals surface area contributed by atoms with E-state index in [1.165, 1.54) is 0 Å². The lowest BCUT2D eigenvalue weighted by molar-refractivity contribution is -0.138. The molecule has 1 aromatic rings. The van der Waals surface area contributed by atoms with Crippen molar-refractivity contribution in [3.63, 3.8) is 0 Å². The average molecular weight is 362 g/mol. The van der Waals surface area contributed by atoms with Crippen LogP contribution in [0, 0.1) is 0 Å². The Hall–Kier alpha value is -1.92. The van der Waals surface area contributed by atoms with Crippen LogP contribution < -0.4 is 4.74 Å². The number of hydrogen-bond donors (Lipinski definition) is 1. The summed E-state index contributed by atoms with van der Waals surface area (Å²) in [5.41, 5.74) is 1.74. The SMILES string of the molecule is CCOc1ccc(C(C)=O)cc1CN1CCCC(N(C)CC(=O)O)CC1. The molecule has 6 nitrogen and oxygen atoms in total. The van der Waals surface area contributed by atoms with Gasteiger partial charge in [0.2, 0.25) is 0 Å². The van der Waals surface area contributed by atoms with Gasteiger partial charge in [0.25, 0.3) is 0 Å². The Bertz CT molecular complexity index is 632. The summed E-state index contributed by atoms with van der Waals surface area (Å²) < 4.78 is 5.74. The van der Waals surface area contributed by atoms with E-state index in [0.717, 1.165) is 50.2 Å². The van der Waals surface area contributed by atoms with Crippen LogP contribution in [0.25, 0.3) is 0 Å². The third kappa shape index (κ3) is 5.81. The van der Waals surface area contributed by atoms with Crippen molar-refractivity contribution in [2.75, 3.05) is 33.3 Å². The largest absolute Gasteiger partial charge is 0.494 e. The van der Waals surface area contributed by atoms with E-state index in [-0.39, 0.29) is 12.3 Å². The molecule has 1 aliphatic rings. The second-order valence-electron chi connectivity index (χ2n) is 6.98. The van der Waals surface area contributed by atoms with Crippen LogP contribution in [0.1, 0.15) is 49.0 Å². The third-order valence-corrected chi connectivity index (χ3v) is 4.96. The molecule has 1 N–H and O–H groups in total. The van der Waals surface area contributed by atoms with Gasteiger partial charge in [-0.2, -0.15) is 0 Å². The van der Waals surface area contributed by atoms with Gasteiger partial charge in [0.1, 0.15) is 5.75 Å². The molecule has 6 heteroatoms. The van der Waals surface area contributed by atoms with E-state index in [1.807, 2.05) is 37.1 Å². The van der Waals surface area contributed by atoms with Crippen molar-refractivity contribution in [3.8, 4) is 5.75 Å². The number of likely N-dealkylation sites (tertiary alicyclic amines) is 1. The van der Waals surface area contributed by atoms with E-state index in [2.05, 4.69) is 4.90 Å². The van der Waals surface area contributed by atoms with Crippen molar-refractivity contribution in [1.82, 2.24) is 9.80 Å². The summed E-state index contributed by atoms with van der Waals surface area (Å²) in [5.74, 6) is 0.109. The molecule has 0 saturated carbocycles. The maximum Gasteiger partial charge on any atom is 0.317 e. The summed E-state index contributed by atoms with van der Waals surface area (Å²) in [4.78, 5) is 27.0. The highest BCUT2D eigenvalue weighted by Crippen LogP contribution is 2.24. The smallest absolute Gasteiger partial charge is 0.317 e. The number of rotatable bonds is 8. The number of carboxylic acid groups (broad SMARTS) is 1. The van der Waals surface area contributed by atoms with E-state index < -0.39 is 5.97 Å². The zero-order chi connectivity index (χ0) is 19.1. The van der Waals surface area contributed by atoms with Crippen LogP contribution >= 0.6 is 0 Å². The number of nitrogens with zero attached hydrogens (tertiary/aromatic N) is 2. The molecule has 0 spiro atoms. The van der Waals surface area contributed by atoms with Crippen LogP contribution in [0.4, 0.5) is 0 Å². The average Bonchev–Trinajstić information content (AvgIpc) is 2.81. The van der Waals surface area contributed by atoms with Gasteiger partial charge in [0, 0.05) is 23.7 Å². The van der Waals surface area contributed by atoms with E-state index in [4.69, 9.17) is 9.84 Å². The first-order valence-electron chi connectivity index (χ1n) is 9.31. The number of carbonyl (C=O) groups excluding carboxylic acids is 1. The molecule has 2 rings (SSSR count). The highest BCUT2D eigenvalue weighted by atomic mass is 16.5. The minimum Gasteiger partial charge on any atom is -0.494 e. The van der Waals surface area contributed by atoms with Crippen molar-refractivity contribution in [3.05, 3.63) is 29.3 Å². The van der Waals surface area contributed by atoms with Gasteiger partial charge in [0.05, 0.1) is 13.2 Å². The van der Waals surface area contributed by atoms with E-state index in [9.17, 15) is 9.59 Å². The molecule has 1 fully saturated rings. The first-order valence-corrected chi connectivity index (χ1v) is 9.31. The maximum atomic E-state index is 11.7. The predicted molar refractivity (Wildman–Crippen MR) is 101 cm³/mol. The van der Waals surface area contributed by atoms with Crippen molar-refractivity contribution in [1.29, 1.82) is 0 Å². The van der Waals surface area contributed by atoms with Crippen molar-refractivity contribution < 1.29 is 19.4 Å².